The fraction of sp³-hybridized carbons (Fsp3) is 0.571. The molecule has 2 heterocycles. The summed E-state index contributed by atoms with van der Waals surface area (Å²) in [6, 6.07) is 4.17. The number of rotatable bonds is 3. The number of piperidine rings is 1. The molecule has 0 radical (unpaired) electrons. The van der Waals surface area contributed by atoms with Gasteiger partial charge in [0, 0.05) is 37.9 Å². The maximum atomic E-state index is 12.1. The molecule has 0 aromatic carbocycles. The molecule has 2 unspecified atom stereocenters. The van der Waals surface area contributed by atoms with Crippen molar-refractivity contribution in [3.05, 3.63) is 30.1 Å². The standard InChI is InChI=1S/C14H21N3O.2ClH/c1-11-10-17(9-6-13(11)15)14(18)3-2-12-4-7-16-8-5-12;;/h4-5,7-8,11,13H,2-3,6,9-10,15H2,1H3;2*1H. The first-order chi connectivity index (χ1) is 8.66. The lowest BCUT2D eigenvalue weighted by atomic mass is 9.94. The molecule has 6 heteroatoms. The lowest BCUT2D eigenvalue weighted by molar-refractivity contribution is -0.133. The van der Waals surface area contributed by atoms with Gasteiger partial charge in [0.2, 0.25) is 5.91 Å². The number of carbonyl (C=O) groups is 1. The first-order valence-electron chi connectivity index (χ1n) is 6.59. The average Bonchev–Trinajstić information content (AvgIpc) is 2.40. The van der Waals surface area contributed by atoms with Crippen LogP contribution in [-0.4, -0.2) is 34.9 Å². The van der Waals surface area contributed by atoms with E-state index in [1.54, 1.807) is 12.4 Å². The van der Waals surface area contributed by atoms with Crippen molar-refractivity contribution in [3.8, 4) is 0 Å². The van der Waals surface area contributed by atoms with E-state index in [4.69, 9.17) is 5.73 Å². The molecule has 0 spiro atoms. The van der Waals surface area contributed by atoms with Crippen LogP contribution in [0.15, 0.2) is 24.5 Å². The van der Waals surface area contributed by atoms with Crippen molar-refractivity contribution in [2.24, 2.45) is 11.7 Å². The molecule has 1 amide bonds. The summed E-state index contributed by atoms with van der Waals surface area (Å²) in [6.45, 7) is 3.73. The second-order valence-electron chi connectivity index (χ2n) is 5.13. The van der Waals surface area contributed by atoms with Gasteiger partial charge in [0.15, 0.2) is 0 Å². The molecule has 1 aliphatic rings. The van der Waals surface area contributed by atoms with Crippen molar-refractivity contribution in [3.63, 3.8) is 0 Å². The summed E-state index contributed by atoms with van der Waals surface area (Å²) in [7, 11) is 0. The minimum atomic E-state index is 0. The summed E-state index contributed by atoms with van der Waals surface area (Å²) in [5.41, 5.74) is 7.13. The number of halogens is 2. The molecule has 1 aromatic heterocycles. The van der Waals surface area contributed by atoms with Crippen LogP contribution in [-0.2, 0) is 11.2 Å². The van der Waals surface area contributed by atoms with E-state index in [1.807, 2.05) is 17.0 Å². The van der Waals surface area contributed by atoms with Gasteiger partial charge in [-0.3, -0.25) is 9.78 Å². The zero-order valence-corrected chi connectivity index (χ0v) is 13.3. The fourth-order valence-electron chi connectivity index (χ4n) is 2.35. The van der Waals surface area contributed by atoms with E-state index in [9.17, 15) is 4.79 Å². The Morgan fingerprint density at radius 2 is 2.05 bits per heavy atom. The van der Waals surface area contributed by atoms with Gasteiger partial charge in [0.25, 0.3) is 0 Å². The third-order valence-corrected chi connectivity index (χ3v) is 3.70. The van der Waals surface area contributed by atoms with Gasteiger partial charge in [-0.2, -0.15) is 0 Å². The van der Waals surface area contributed by atoms with Crippen molar-refractivity contribution >= 4 is 30.7 Å². The van der Waals surface area contributed by atoms with Crippen LogP contribution in [0.2, 0.25) is 0 Å². The molecule has 1 saturated heterocycles. The number of hydrogen-bond donors (Lipinski definition) is 1. The number of nitrogens with zero attached hydrogens (tertiary/aromatic N) is 2. The molecular formula is C14H23Cl2N3O. The smallest absolute Gasteiger partial charge is 0.222 e. The third-order valence-electron chi connectivity index (χ3n) is 3.70. The van der Waals surface area contributed by atoms with Gasteiger partial charge in [-0.05, 0) is 36.5 Å². The molecule has 2 rings (SSSR count). The molecule has 0 bridgehead atoms. The maximum Gasteiger partial charge on any atom is 0.222 e. The fourth-order valence-corrected chi connectivity index (χ4v) is 2.35. The normalized spacial score (nSPS) is 21.6. The minimum Gasteiger partial charge on any atom is -0.342 e. The van der Waals surface area contributed by atoms with Crippen LogP contribution < -0.4 is 5.73 Å². The van der Waals surface area contributed by atoms with Crippen molar-refractivity contribution in [2.75, 3.05) is 13.1 Å². The van der Waals surface area contributed by atoms with E-state index in [-0.39, 0.29) is 36.8 Å². The van der Waals surface area contributed by atoms with Gasteiger partial charge in [-0.1, -0.05) is 6.92 Å². The number of aromatic nitrogens is 1. The first-order valence-corrected chi connectivity index (χ1v) is 6.59. The second-order valence-corrected chi connectivity index (χ2v) is 5.13. The molecule has 0 saturated carbocycles. The van der Waals surface area contributed by atoms with Crippen molar-refractivity contribution in [1.29, 1.82) is 0 Å². The largest absolute Gasteiger partial charge is 0.342 e. The second kappa shape index (κ2) is 9.16. The third kappa shape index (κ3) is 5.27. The number of pyridine rings is 1. The molecule has 114 valence electrons. The van der Waals surface area contributed by atoms with Gasteiger partial charge in [0.1, 0.15) is 0 Å². The summed E-state index contributed by atoms with van der Waals surface area (Å²) >= 11 is 0. The minimum absolute atomic E-state index is 0. The lowest BCUT2D eigenvalue weighted by Gasteiger charge is -2.35. The summed E-state index contributed by atoms with van der Waals surface area (Å²) in [4.78, 5) is 18.0. The molecular weight excluding hydrogens is 297 g/mol. The van der Waals surface area contributed by atoms with E-state index in [2.05, 4.69) is 11.9 Å². The number of hydrogen-bond acceptors (Lipinski definition) is 3. The predicted octanol–water partition coefficient (Wildman–Crippen LogP) is 2.05. The summed E-state index contributed by atoms with van der Waals surface area (Å²) in [6.07, 6.45) is 5.82. The molecule has 0 aliphatic carbocycles. The topological polar surface area (TPSA) is 59.2 Å². The Morgan fingerprint density at radius 3 is 2.65 bits per heavy atom. The number of likely N-dealkylation sites (tertiary alicyclic amines) is 1. The predicted molar refractivity (Wildman–Crippen MR) is 85.4 cm³/mol. The molecule has 1 aromatic rings. The Hall–Kier alpha value is -0.840. The highest BCUT2D eigenvalue weighted by molar-refractivity contribution is 5.85. The number of aryl methyl sites for hydroxylation is 1. The Balaban J connectivity index is 0.00000180. The molecule has 4 nitrogen and oxygen atoms in total. The van der Waals surface area contributed by atoms with Gasteiger partial charge in [0.05, 0.1) is 0 Å². The lowest BCUT2D eigenvalue weighted by Crippen LogP contribution is -2.48. The monoisotopic (exact) mass is 319 g/mol. The quantitative estimate of drug-likeness (QED) is 0.927. The summed E-state index contributed by atoms with van der Waals surface area (Å²) in [5, 5.41) is 0. The zero-order valence-electron chi connectivity index (χ0n) is 11.7. The molecule has 2 N–H and O–H groups in total. The van der Waals surface area contributed by atoms with Crippen LogP contribution in [0.5, 0.6) is 0 Å². The van der Waals surface area contributed by atoms with Crippen LogP contribution in [0.4, 0.5) is 0 Å². The van der Waals surface area contributed by atoms with Crippen molar-refractivity contribution in [1.82, 2.24) is 9.88 Å². The van der Waals surface area contributed by atoms with E-state index in [1.165, 1.54) is 5.56 Å². The Labute approximate surface area is 132 Å². The Kier molecular flexibility index (Phi) is 8.78. The molecule has 1 fully saturated rings. The van der Waals surface area contributed by atoms with Crippen LogP contribution in [0.1, 0.15) is 25.3 Å². The SMILES string of the molecule is CC1CN(C(=O)CCc2ccncc2)CCC1N.Cl.Cl. The molecule has 20 heavy (non-hydrogen) atoms. The summed E-state index contributed by atoms with van der Waals surface area (Å²) < 4.78 is 0. The first kappa shape index (κ1) is 19.2. The van der Waals surface area contributed by atoms with E-state index in [0.29, 0.717) is 12.3 Å². The highest BCUT2D eigenvalue weighted by Crippen LogP contribution is 2.16. The highest BCUT2D eigenvalue weighted by atomic mass is 35.5. The van der Waals surface area contributed by atoms with Gasteiger partial charge < -0.3 is 10.6 Å². The van der Waals surface area contributed by atoms with E-state index >= 15 is 0 Å². The van der Waals surface area contributed by atoms with Crippen LogP contribution in [0.3, 0.4) is 0 Å². The van der Waals surface area contributed by atoms with Crippen molar-refractivity contribution < 1.29 is 4.79 Å². The zero-order chi connectivity index (χ0) is 13.0. The van der Waals surface area contributed by atoms with E-state index in [0.717, 1.165) is 25.9 Å². The van der Waals surface area contributed by atoms with E-state index < -0.39 is 0 Å². The van der Waals surface area contributed by atoms with Crippen LogP contribution in [0, 0.1) is 5.92 Å². The molecule has 1 aliphatic heterocycles. The number of amides is 1. The van der Waals surface area contributed by atoms with Gasteiger partial charge >= 0.3 is 0 Å². The number of nitrogens with two attached hydrogens (primary N) is 1. The van der Waals surface area contributed by atoms with Crippen molar-refractivity contribution in [2.45, 2.75) is 32.2 Å². The number of carbonyl (C=O) groups excluding carboxylic acids is 1. The summed E-state index contributed by atoms with van der Waals surface area (Å²) in [5.74, 6) is 0.647. The Morgan fingerprint density at radius 1 is 1.40 bits per heavy atom. The van der Waals surface area contributed by atoms with Gasteiger partial charge in [-0.25, -0.2) is 0 Å². The average molecular weight is 320 g/mol. The molecule has 2 atom stereocenters. The van der Waals surface area contributed by atoms with Gasteiger partial charge in [-0.15, -0.1) is 24.8 Å². The Bertz CT molecular complexity index is 403. The highest BCUT2D eigenvalue weighted by Gasteiger charge is 2.25. The van der Waals surface area contributed by atoms with Crippen LogP contribution >= 0.6 is 24.8 Å². The van der Waals surface area contributed by atoms with Crippen LogP contribution in [0.25, 0.3) is 0 Å². The maximum absolute atomic E-state index is 12.1.